The third-order valence-electron chi connectivity index (χ3n) is 8.02. The van der Waals surface area contributed by atoms with Gasteiger partial charge >= 0.3 is 0 Å². The number of aryl methyl sites for hydroxylation is 1. The Morgan fingerprint density at radius 2 is 1.37 bits per heavy atom. The highest BCUT2D eigenvalue weighted by molar-refractivity contribution is 5.99. The van der Waals surface area contributed by atoms with Crippen molar-refractivity contribution in [2.75, 3.05) is 0 Å². The van der Waals surface area contributed by atoms with Crippen LogP contribution in [-0.4, -0.2) is 9.97 Å². The van der Waals surface area contributed by atoms with Crippen molar-refractivity contribution < 1.29 is 0 Å². The van der Waals surface area contributed by atoms with Gasteiger partial charge in [0.1, 0.15) is 0 Å². The molecule has 204 valence electrons. The van der Waals surface area contributed by atoms with Crippen LogP contribution in [0.3, 0.4) is 0 Å². The fourth-order valence-corrected chi connectivity index (χ4v) is 5.80. The minimum Gasteiger partial charge on any atom is -0.256 e. The number of allylic oxidation sites excluding steroid dienone is 2. The first-order valence-corrected chi connectivity index (χ1v) is 14.5. The molecule has 0 saturated carbocycles. The number of benzene rings is 5. The Bertz CT molecular complexity index is 2140. The molecule has 0 N–H and O–H groups in total. The molecule has 7 rings (SSSR count). The van der Waals surface area contributed by atoms with Gasteiger partial charge in [0.05, 0.1) is 16.9 Å². The van der Waals surface area contributed by atoms with Crippen molar-refractivity contribution in [1.82, 2.24) is 9.97 Å². The van der Waals surface area contributed by atoms with Crippen molar-refractivity contribution in [3.05, 3.63) is 175 Å². The number of fused-ring (bicyclic) bond motifs is 2. The summed E-state index contributed by atoms with van der Waals surface area (Å²) < 4.78 is 0. The van der Waals surface area contributed by atoms with Crippen LogP contribution in [0.15, 0.2) is 158 Å². The number of pyridine rings is 2. The van der Waals surface area contributed by atoms with E-state index >= 15 is 0 Å². The predicted molar refractivity (Wildman–Crippen MR) is 182 cm³/mol. The molecular weight excluding hydrogens is 520 g/mol. The van der Waals surface area contributed by atoms with Gasteiger partial charge in [-0.3, -0.25) is 4.98 Å². The molecule has 0 saturated heterocycles. The fraction of sp³-hybridized carbons (Fsp3) is 0.0244. The lowest BCUT2D eigenvalue weighted by Gasteiger charge is -2.14. The molecule has 2 aromatic heterocycles. The Hall–Kier alpha value is -5.60. The van der Waals surface area contributed by atoms with Gasteiger partial charge in [-0.05, 0) is 75.3 Å². The normalized spacial score (nSPS) is 11.6. The number of hydrogen-bond donors (Lipinski definition) is 0. The van der Waals surface area contributed by atoms with Crippen LogP contribution in [-0.2, 0) is 0 Å². The maximum Gasteiger partial charge on any atom is 0.0737 e. The van der Waals surface area contributed by atoms with E-state index in [1.165, 1.54) is 16.3 Å². The van der Waals surface area contributed by atoms with Gasteiger partial charge in [-0.15, -0.1) is 0 Å². The smallest absolute Gasteiger partial charge is 0.0737 e. The van der Waals surface area contributed by atoms with Crippen molar-refractivity contribution in [1.29, 1.82) is 0 Å². The lowest BCUT2D eigenvalue weighted by atomic mass is 9.93. The van der Waals surface area contributed by atoms with Gasteiger partial charge in [-0.2, -0.15) is 0 Å². The molecule has 0 bridgehead atoms. The van der Waals surface area contributed by atoms with Crippen LogP contribution in [0.4, 0.5) is 0 Å². The van der Waals surface area contributed by atoms with Crippen molar-refractivity contribution in [2.24, 2.45) is 0 Å². The third kappa shape index (κ3) is 5.16. The number of hydrogen-bond acceptors (Lipinski definition) is 2. The zero-order valence-corrected chi connectivity index (χ0v) is 24.0. The number of aromatic nitrogens is 2. The maximum atomic E-state index is 5.22. The summed E-state index contributed by atoms with van der Waals surface area (Å²) in [6.07, 6.45) is 5.71. The van der Waals surface area contributed by atoms with Crippen LogP contribution >= 0.6 is 0 Å². The van der Waals surface area contributed by atoms with Gasteiger partial charge in [-0.25, -0.2) is 4.98 Å². The third-order valence-corrected chi connectivity index (χ3v) is 8.02. The Kier molecular flexibility index (Phi) is 6.94. The zero-order chi connectivity index (χ0) is 29.2. The zero-order valence-electron chi connectivity index (χ0n) is 24.0. The average Bonchev–Trinajstić information content (AvgIpc) is 3.07. The Morgan fingerprint density at radius 1 is 0.628 bits per heavy atom. The molecule has 0 aliphatic rings. The van der Waals surface area contributed by atoms with E-state index < -0.39 is 0 Å². The van der Waals surface area contributed by atoms with Gasteiger partial charge in [0.15, 0.2) is 0 Å². The maximum absolute atomic E-state index is 5.22. The summed E-state index contributed by atoms with van der Waals surface area (Å²) in [5, 5.41) is 3.55. The molecule has 5 aromatic carbocycles. The van der Waals surface area contributed by atoms with E-state index in [2.05, 4.69) is 140 Å². The van der Waals surface area contributed by atoms with Gasteiger partial charge in [-0.1, -0.05) is 128 Å². The summed E-state index contributed by atoms with van der Waals surface area (Å²) >= 11 is 0. The average molecular weight is 551 g/mol. The number of rotatable bonds is 6. The lowest BCUT2D eigenvalue weighted by Crippen LogP contribution is -1.95. The van der Waals surface area contributed by atoms with Crippen LogP contribution < -0.4 is 0 Å². The van der Waals surface area contributed by atoms with E-state index in [-0.39, 0.29) is 0 Å². The molecule has 7 aromatic rings. The summed E-state index contributed by atoms with van der Waals surface area (Å²) in [6, 6.07) is 47.2. The van der Waals surface area contributed by atoms with Crippen LogP contribution in [0.1, 0.15) is 16.8 Å². The summed E-state index contributed by atoms with van der Waals surface area (Å²) in [5.41, 5.74) is 11.9. The van der Waals surface area contributed by atoms with E-state index in [0.717, 1.165) is 61.2 Å². The SMILES string of the molecule is C=C/C=C(/c1ccc(-c2cc(-c3ccc4ccccc4c3)nc3cc(-c4ccccc4)ccc23)cc1)c1ncccc1C. The highest BCUT2D eigenvalue weighted by Crippen LogP contribution is 2.36. The van der Waals surface area contributed by atoms with Crippen LogP contribution in [0, 0.1) is 6.92 Å². The van der Waals surface area contributed by atoms with Gasteiger partial charge in [0, 0.05) is 22.7 Å². The predicted octanol–water partition coefficient (Wildman–Crippen LogP) is 10.7. The molecule has 0 aliphatic carbocycles. The summed E-state index contributed by atoms with van der Waals surface area (Å²) in [4.78, 5) is 9.89. The standard InChI is InChI=1S/C41H30N2/c1-3-10-36(41-28(2)11-9-24-42-41)31-17-19-32(20-18-31)38-27-39(35-21-16-30-14-7-8-15-33(30)25-35)43-40-26-34(22-23-37(38)40)29-12-5-4-6-13-29/h3-27H,1H2,2H3/b36-10-. The van der Waals surface area contributed by atoms with Crippen LogP contribution in [0.2, 0.25) is 0 Å². The van der Waals surface area contributed by atoms with Gasteiger partial charge in [0.25, 0.3) is 0 Å². The Balaban J connectivity index is 1.38. The summed E-state index contributed by atoms with van der Waals surface area (Å²) in [5.74, 6) is 0. The first-order chi connectivity index (χ1) is 21.2. The second kappa shape index (κ2) is 11.3. The van der Waals surface area contributed by atoms with Crippen LogP contribution in [0.25, 0.3) is 60.8 Å². The van der Waals surface area contributed by atoms with Crippen molar-refractivity contribution in [3.63, 3.8) is 0 Å². The molecule has 2 heteroatoms. The number of nitrogens with zero attached hydrogens (tertiary/aromatic N) is 2. The molecule has 0 unspecified atom stereocenters. The molecule has 0 spiro atoms. The second-order valence-corrected chi connectivity index (χ2v) is 10.8. The minimum absolute atomic E-state index is 0.957. The largest absolute Gasteiger partial charge is 0.256 e. The summed E-state index contributed by atoms with van der Waals surface area (Å²) in [7, 11) is 0. The Morgan fingerprint density at radius 3 is 2.16 bits per heavy atom. The van der Waals surface area contributed by atoms with Crippen molar-refractivity contribution in [3.8, 4) is 33.5 Å². The van der Waals surface area contributed by atoms with Gasteiger partial charge in [0.2, 0.25) is 0 Å². The molecular formula is C41H30N2. The van der Waals surface area contributed by atoms with E-state index in [9.17, 15) is 0 Å². The fourth-order valence-electron chi connectivity index (χ4n) is 5.80. The lowest BCUT2D eigenvalue weighted by molar-refractivity contribution is 1.22. The van der Waals surface area contributed by atoms with Gasteiger partial charge < -0.3 is 0 Å². The Labute approximate surface area is 252 Å². The first kappa shape index (κ1) is 26.3. The molecule has 0 fully saturated rings. The minimum atomic E-state index is 0.957. The van der Waals surface area contributed by atoms with Crippen LogP contribution in [0.5, 0.6) is 0 Å². The van der Waals surface area contributed by atoms with Crippen molar-refractivity contribution >= 4 is 27.2 Å². The van der Waals surface area contributed by atoms with E-state index in [1.54, 1.807) is 0 Å². The van der Waals surface area contributed by atoms with E-state index in [4.69, 9.17) is 4.98 Å². The quantitative estimate of drug-likeness (QED) is 0.192. The molecule has 0 amide bonds. The van der Waals surface area contributed by atoms with Crippen molar-refractivity contribution in [2.45, 2.75) is 6.92 Å². The summed E-state index contributed by atoms with van der Waals surface area (Å²) in [6.45, 7) is 6.05. The molecule has 0 atom stereocenters. The molecule has 2 nitrogen and oxygen atoms in total. The molecule has 0 radical (unpaired) electrons. The molecule has 2 heterocycles. The molecule has 0 aliphatic heterocycles. The second-order valence-electron chi connectivity index (χ2n) is 10.8. The van der Waals surface area contributed by atoms with E-state index in [1.807, 2.05) is 30.5 Å². The topological polar surface area (TPSA) is 25.8 Å². The molecule has 43 heavy (non-hydrogen) atoms. The highest BCUT2D eigenvalue weighted by atomic mass is 14.7. The highest BCUT2D eigenvalue weighted by Gasteiger charge is 2.14. The first-order valence-electron chi connectivity index (χ1n) is 14.5. The monoisotopic (exact) mass is 550 g/mol. The van der Waals surface area contributed by atoms with E-state index in [0.29, 0.717) is 0 Å².